The zero-order valence-electron chi connectivity index (χ0n) is 8.29. The van der Waals surface area contributed by atoms with Crippen molar-refractivity contribution in [2.24, 2.45) is 5.92 Å². The molecule has 0 aromatic heterocycles. The van der Waals surface area contributed by atoms with Crippen molar-refractivity contribution in [1.82, 2.24) is 0 Å². The van der Waals surface area contributed by atoms with Crippen LogP contribution < -0.4 is 4.74 Å². The standard InChI is InChI=1S/C11H13FO2/c1-8(11(12)13)7-9-3-5-10(14-2)6-4-9/h3-6,8H,7H2,1-2H3/t8-/m0/s1. The van der Waals surface area contributed by atoms with E-state index < -0.39 is 12.0 Å². The van der Waals surface area contributed by atoms with Crippen LogP contribution in [0.3, 0.4) is 0 Å². The van der Waals surface area contributed by atoms with E-state index >= 15 is 0 Å². The third-order valence-corrected chi connectivity index (χ3v) is 2.09. The van der Waals surface area contributed by atoms with Crippen molar-refractivity contribution < 1.29 is 13.9 Å². The molecule has 0 saturated heterocycles. The third kappa shape index (κ3) is 2.83. The Balaban J connectivity index is 2.64. The number of halogens is 1. The number of ether oxygens (including phenoxy) is 1. The second-order valence-electron chi connectivity index (χ2n) is 3.26. The Labute approximate surface area is 82.7 Å². The Kier molecular flexibility index (Phi) is 3.63. The average Bonchev–Trinajstić information content (AvgIpc) is 2.19. The van der Waals surface area contributed by atoms with Crippen LogP contribution in [0, 0.1) is 5.92 Å². The molecule has 0 bridgehead atoms. The van der Waals surface area contributed by atoms with Crippen LogP contribution in [0.1, 0.15) is 12.5 Å². The lowest BCUT2D eigenvalue weighted by molar-refractivity contribution is -0.132. The highest BCUT2D eigenvalue weighted by Crippen LogP contribution is 2.15. The van der Waals surface area contributed by atoms with E-state index in [1.165, 1.54) is 0 Å². The van der Waals surface area contributed by atoms with Crippen LogP contribution in [0.5, 0.6) is 5.75 Å². The summed E-state index contributed by atoms with van der Waals surface area (Å²) in [4.78, 5) is 10.4. The van der Waals surface area contributed by atoms with Crippen molar-refractivity contribution in [1.29, 1.82) is 0 Å². The molecule has 0 saturated carbocycles. The fourth-order valence-corrected chi connectivity index (χ4v) is 1.20. The molecular formula is C11H13FO2. The van der Waals surface area contributed by atoms with Gasteiger partial charge in [-0.1, -0.05) is 19.1 Å². The van der Waals surface area contributed by atoms with Gasteiger partial charge < -0.3 is 4.74 Å². The van der Waals surface area contributed by atoms with Gasteiger partial charge in [-0.25, -0.2) is 0 Å². The van der Waals surface area contributed by atoms with E-state index in [2.05, 4.69) is 0 Å². The highest BCUT2D eigenvalue weighted by atomic mass is 19.1. The van der Waals surface area contributed by atoms with Crippen LogP contribution in [0.4, 0.5) is 4.39 Å². The molecule has 0 spiro atoms. The van der Waals surface area contributed by atoms with Gasteiger partial charge in [0.15, 0.2) is 0 Å². The first kappa shape index (κ1) is 10.7. The number of carbonyl (C=O) groups is 1. The van der Waals surface area contributed by atoms with E-state index in [-0.39, 0.29) is 0 Å². The number of hydrogen-bond acceptors (Lipinski definition) is 2. The lowest BCUT2D eigenvalue weighted by atomic mass is 10.0. The van der Waals surface area contributed by atoms with Crippen molar-refractivity contribution in [3.05, 3.63) is 29.8 Å². The normalized spacial score (nSPS) is 12.2. The summed E-state index contributed by atoms with van der Waals surface area (Å²) in [6.45, 7) is 1.58. The van der Waals surface area contributed by atoms with Crippen LogP contribution in [-0.2, 0) is 11.2 Å². The highest BCUT2D eigenvalue weighted by molar-refractivity contribution is 5.70. The van der Waals surface area contributed by atoms with Gasteiger partial charge in [-0.3, -0.25) is 4.79 Å². The molecule has 0 N–H and O–H groups in total. The monoisotopic (exact) mass is 196 g/mol. The molecule has 2 nitrogen and oxygen atoms in total. The van der Waals surface area contributed by atoms with Gasteiger partial charge in [0.25, 0.3) is 0 Å². The van der Waals surface area contributed by atoms with Crippen LogP contribution in [0.2, 0.25) is 0 Å². The van der Waals surface area contributed by atoms with E-state index in [0.29, 0.717) is 6.42 Å². The molecule has 1 aromatic carbocycles. The van der Waals surface area contributed by atoms with Gasteiger partial charge in [-0.05, 0) is 24.1 Å². The first-order chi connectivity index (χ1) is 6.63. The van der Waals surface area contributed by atoms with Gasteiger partial charge in [0.1, 0.15) is 5.75 Å². The molecule has 1 atom stereocenters. The van der Waals surface area contributed by atoms with Gasteiger partial charge >= 0.3 is 6.04 Å². The SMILES string of the molecule is COc1ccc(C[C@H](C)C(=O)F)cc1. The topological polar surface area (TPSA) is 26.3 Å². The molecule has 0 fully saturated rings. The minimum absolute atomic E-state index is 0.430. The summed E-state index contributed by atoms with van der Waals surface area (Å²) in [7, 11) is 1.59. The van der Waals surface area contributed by atoms with Crippen molar-refractivity contribution in [3.8, 4) is 5.75 Å². The number of methoxy groups -OCH3 is 1. The van der Waals surface area contributed by atoms with Crippen LogP contribution in [0.15, 0.2) is 24.3 Å². The van der Waals surface area contributed by atoms with Gasteiger partial charge in [0, 0.05) is 0 Å². The summed E-state index contributed by atoms with van der Waals surface area (Å²) in [5.74, 6) is 0.191. The molecule has 0 unspecified atom stereocenters. The molecule has 0 aliphatic carbocycles. The number of carbonyl (C=O) groups excluding carboxylic acids is 1. The van der Waals surface area contributed by atoms with Gasteiger partial charge in [-0.2, -0.15) is 4.39 Å². The fourth-order valence-electron chi connectivity index (χ4n) is 1.20. The molecule has 1 rings (SSSR count). The van der Waals surface area contributed by atoms with Crippen LogP contribution >= 0.6 is 0 Å². The van der Waals surface area contributed by atoms with E-state index in [1.54, 1.807) is 26.2 Å². The second kappa shape index (κ2) is 4.74. The quantitative estimate of drug-likeness (QED) is 0.691. The molecule has 1 aromatic rings. The van der Waals surface area contributed by atoms with E-state index in [1.807, 2.05) is 12.1 Å². The number of benzene rings is 1. The summed E-state index contributed by atoms with van der Waals surface area (Å²) in [5, 5.41) is 0. The maximum absolute atomic E-state index is 12.3. The highest BCUT2D eigenvalue weighted by Gasteiger charge is 2.11. The average molecular weight is 196 g/mol. The summed E-state index contributed by atoms with van der Waals surface area (Å²) in [6, 6.07) is 5.99. The lowest BCUT2D eigenvalue weighted by Gasteiger charge is -2.05. The lowest BCUT2D eigenvalue weighted by Crippen LogP contribution is -2.07. The van der Waals surface area contributed by atoms with E-state index in [4.69, 9.17) is 4.74 Å². The summed E-state index contributed by atoms with van der Waals surface area (Å²) in [6.07, 6.45) is 0.430. The first-order valence-corrected chi connectivity index (χ1v) is 4.45. The number of rotatable bonds is 4. The van der Waals surface area contributed by atoms with Crippen LogP contribution in [0.25, 0.3) is 0 Å². The molecule has 0 radical (unpaired) electrons. The van der Waals surface area contributed by atoms with Crippen molar-refractivity contribution in [3.63, 3.8) is 0 Å². The predicted molar refractivity (Wildman–Crippen MR) is 52.0 cm³/mol. The van der Waals surface area contributed by atoms with E-state index in [0.717, 1.165) is 11.3 Å². The fraction of sp³-hybridized carbons (Fsp3) is 0.364. The van der Waals surface area contributed by atoms with Gasteiger partial charge in [0.05, 0.1) is 13.0 Å². The Hall–Kier alpha value is -1.38. The molecular weight excluding hydrogens is 183 g/mol. The Bertz CT molecular complexity index is 306. The van der Waals surface area contributed by atoms with Gasteiger partial charge in [-0.15, -0.1) is 0 Å². The smallest absolute Gasteiger partial charge is 0.304 e. The zero-order valence-corrected chi connectivity index (χ0v) is 8.29. The predicted octanol–water partition coefficient (Wildman–Crippen LogP) is 2.37. The first-order valence-electron chi connectivity index (χ1n) is 4.45. The molecule has 14 heavy (non-hydrogen) atoms. The van der Waals surface area contributed by atoms with Gasteiger partial charge in [0.2, 0.25) is 0 Å². The van der Waals surface area contributed by atoms with Crippen molar-refractivity contribution in [2.75, 3.05) is 7.11 Å². The van der Waals surface area contributed by atoms with E-state index in [9.17, 15) is 9.18 Å². The maximum atomic E-state index is 12.3. The maximum Gasteiger partial charge on any atom is 0.304 e. The molecule has 0 aliphatic rings. The van der Waals surface area contributed by atoms with Crippen molar-refractivity contribution in [2.45, 2.75) is 13.3 Å². The molecule has 0 amide bonds. The minimum atomic E-state index is -1.26. The molecule has 76 valence electrons. The summed E-state index contributed by atoms with van der Waals surface area (Å²) in [5.41, 5.74) is 0.935. The largest absolute Gasteiger partial charge is 0.497 e. The number of hydrogen-bond donors (Lipinski definition) is 0. The summed E-state index contributed by atoms with van der Waals surface area (Å²) >= 11 is 0. The summed E-state index contributed by atoms with van der Waals surface area (Å²) < 4.78 is 17.2. The zero-order chi connectivity index (χ0) is 10.6. The second-order valence-corrected chi connectivity index (χ2v) is 3.26. The van der Waals surface area contributed by atoms with Crippen molar-refractivity contribution >= 4 is 6.04 Å². The minimum Gasteiger partial charge on any atom is -0.497 e. The third-order valence-electron chi connectivity index (χ3n) is 2.09. The molecule has 0 aliphatic heterocycles. The molecule has 3 heteroatoms. The molecule has 0 heterocycles. The Morgan fingerprint density at radius 1 is 1.43 bits per heavy atom. The Morgan fingerprint density at radius 2 is 2.00 bits per heavy atom. The Morgan fingerprint density at radius 3 is 2.43 bits per heavy atom. The van der Waals surface area contributed by atoms with Crippen LogP contribution in [-0.4, -0.2) is 13.1 Å².